The number of Topliss-reactive ketones (excluding diaryl/α,β-unsaturated/α-hetero) is 1. The number of ketones is 1. The van der Waals surface area contributed by atoms with E-state index in [0.29, 0.717) is 11.3 Å². The molecule has 0 saturated heterocycles. The number of hydrogen-bond acceptors (Lipinski definition) is 6. The Kier molecular flexibility index (Phi) is 3.00. The predicted octanol–water partition coefficient (Wildman–Crippen LogP) is 0.208. The second kappa shape index (κ2) is 4.81. The molecule has 1 fully saturated rings. The van der Waals surface area contributed by atoms with Crippen LogP contribution >= 0.6 is 0 Å². The lowest BCUT2D eigenvalue weighted by atomic mass is 9.74. The standard InChI is InChI=1S/C16H16O6/c17-7-5-9(18)13-11(6-7)21-15-12(14(13)19)8-3-1-2-4-10(8)22-16(15)20/h1-4,7,9,11,13,16-18,20H,5-6H2. The zero-order chi connectivity index (χ0) is 15.4. The maximum atomic E-state index is 12.9. The number of benzene rings is 1. The average molecular weight is 304 g/mol. The van der Waals surface area contributed by atoms with Crippen LogP contribution in [0.5, 0.6) is 5.75 Å². The number of carbonyl (C=O) groups excluding carboxylic acids is 1. The molecule has 1 aliphatic carbocycles. The first kappa shape index (κ1) is 13.8. The number of allylic oxidation sites excluding steroid dienone is 1. The van der Waals surface area contributed by atoms with E-state index in [0.717, 1.165) is 0 Å². The summed E-state index contributed by atoms with van der Waals surface area (Å²) in [6.07, 6.45) is -3.28. The predicted molar refractivity (Wildman–Crippen MR) is 74.6 cm³/mol. The molecule has 1 saturated carbocycles. The molecule has 0 amide bonds. The summed E-state index contributed by atoms with van der Waals surface area (Å²) in [6, 6.07) is 6.91. The van der Waals surface area contributed by atoms with Gasteiger partial charge in [0.05, 0.1) is 23.7 Å². The first-order chi connectivity index (χ1) is 10.6. The Bertz CT molecular complexity index is 666. The largest absolute Gasteiger partial charge is 0.486 e. The third kappa shape index (κ3) is 1.88. The van der Waals surface area contributed by atoms with Crippen LogP contribution in [0, 0.1) is 5.92 Å². The van der Waals surface area contributed by atoms with Crippen LogP contribution < -0.4 is 4.74 Å². The normalized spacial score (nSPS) is 36.7. The van der Waals surface area contributed by atoms with Crippen molar-refractivity contribution in [1.82, 2.24) is 0 Å². The van der Waals surface area contributed by atoms with E-state index in [4.69, 9.17) is 9.47 Å². The summed E-state index contributed by atoms with van der Waals surface area (Å²) >= 11 is 0. The van der Waals surface area contributed by atoms with Gasteiger partial charge in [-0.05, 0) is 6.07 Å². The highest BCUT2D eigenvalue weighted by Gasteiger charge is 2.50. The van der Waals surface area contributed by atoms with Gasteiger partial charge in [0.25, 0.3) is 6.29 Å². The highest BCUT2D eigenvalue weighted by Crippen LogP contribution is 2.45. The van der Waals surface area contributed by atoms with Crippen LogP contribution in [0.4, 0.5) is 0 Å². The first-order valence-electron chi connectivity index (χ1n) is 7.31. The lowest BCUT2D eigenvalue weighted by Crippen LogP contribution is -2.51. The molecule has 116 valence electrons. The molecule has 0 bridgehead atoms. The molecular weight excluding hydrogens is 288 g/mol. The molecule has 2 heterocycles. The van der Waals surface area contributed by atoms with Crippen molar-refractivity contribution >= 4 is 11.4 Å². The minimum Gasteiger partial charge on any atom is -0.486 e. The third-order valence-electron chi connectivity index (χ3n) is 4.53. The monoisotopic (exact) mass is 304 g/mol. The van der Waals surface area contributed by atoms with Crippen LogP contribution in [0.3, 0.4) is 0 Å². The second-order valence-corrected chi connectivity index (χ2v) is 5.94. The van der Waals surface area contributed by atoms with E-state index < -0.39 is 30.5 Å². The third-order valence-corrected chi connectivity index (χ3v) is 4.53. The van der Waals surface area contributed by atoms with E-state index in [1.807, 2.05) is 0 Å². The SMILES string of the molecule is O=C1C2=C(OC3CC(O)CC(O)C13)C(O)Oc1ccccc12. The number of carbonyl (C=O) groups is 1. The Balaban J connectivity index is 1.83. The fourth-order valence-electron chi connectivity index (χ4n) is 3.56. The molecule has 5 atom stereocenters. The number of fused-ring (bicyclic) bond motifs is 3. The van der Waals surface area contributed by atoms with Gasteiger partial charge in [-0.3, -0.25) is 4.79 Å². The molecule has 1 aromatic carbocycles. The zero-order valence-electron chi connectivity index (χ0n) is 11.7. The van der Waals surface area contributed by atoms with Gasteiger partial charge in [0.2, 0.25) is 0 Å². The number of rotatable bonds is 0. The minimum absolute atomic E-state index is 0.0752. The zero-order valence-corrected chi connectivity index (χ0v) is 11.7. The molecule has 1 aromatic rings. The van der Waals surface area contributed by atoms with Crippen LogP contribution in [0.1, 0.15) is 18.4 Å². The van der Waals surface area contributed by atoms with Gasteiger partial charge < -0.3 is 24.8 Å². The topological polar surface area (TPSA) is 96.2 Å². The molecule has 3 aliphatic rings. The van der Waals surface area contributed by atoms with E-state index in [-0.39, 0.29) is 30.0 Å². The van der Waals surface area contributed by atoms with Crippen LogP contribution in [0.15, 0.2) is 30.0 Å². The molecule has 6 nitrogen and oxygen atoms in total. The summed E-state index contributed by atoms with van der Waals surface area (Å²) < 4.78 is 11.1. The Morgan fingerprint density at radius 3 is 2.64 bits per heavy atom. The molecule has 3 N–H and O–H groups in total. The molecular formula is C16H16O6. The Labute approximate surface area is 126 Å². The molecule has 0 aromatic heterocycles. The molecule has 0 radical (unpaired) electrons. The second-order valence-electron chi connectivity index (χ2n) is 5.94. The highest BCUT2D eigenvalue weighted by molar-refractivity contribution is 6.24. The molecule has 0 spiro atoms. The maximum absolute atomic E-state index is 12.9. The number of aliphatic hydroxyl groups is 3. The number of aliphatic hydroxyl groups excluding tert-OH is 3. The molecule has 5 unspecified atom stereocenters. The van der Waals surface area contributed by atoms with Crippen molar-refractivity contribution in [2.75, 3.05) is 0 Å². The number of hydrogen-bond donors (Lipinski definition) is 3. The average Bonchev–Trinajstić information content (AvgIpc) is 2.46. The fraction of sp³-hybridized carbons (Fsp3) is 0.438. The van der Waals surface area contributed by atoms with Crippen LogP contribution in [-0.4, -0.2) is 45.7 Å². The molecule has 22 heavy (non-hydrogen) atoms. The van der Waals surface area contributed by atoms with Crippen LogP contribution in [0.2, 0.25) is 0 Å². The van der Waals surface area contributed by atoms with Gasteiger partial charge in [-0.2, -0.15) is 0 Å². The van der Waals surface area contributed by atoms with Crippen molar-refractivity contribution in [3.63, 3.8) is 0 Å². The van der Waals surface area contributed by atoms with Gasteiger partial charge in [-0.1, -0.05) is 18.2 Å². The summed E-state index contributed by atoms with van der Waals surface area (Å²) in [6.45, 7) is 0. The van der Waals surface area contributed by atoms with Gasteiger partial charge in [0, 0.05) is 18.4 Å². The summed E-state index contributed by atoms with van der Waals surface area (Å²) in [5.74, 6) is -0.498. The first-order valence-corrected chi connectivity index (χ1v) is 7.31. The summed E-state index contributed by atoms with van der Waals surface area (Å²) in [7, 11) is 0. The lowest BCUT2D eigenvalue weighted by Gasteiger charge is -2.43. The van der Waals surface area contributed by atoms with Crippen molar-refractivity contribution in [2.24, 2.45) is 5.92 Å². The van der Waals surface area contributed by atoms with Crippen molar-refractivity contribution in [2.45, 2.75) is 37.4 Å². The number of para-hydroxylation sites is 1. The van der Waals surface area contributed by atoms with E-state index >= 15 is 0 Å². The van der Waals surface area contributed by atoms with Crippen LogP contribution in [0.25, 0.3) is 5.57 Å². The van der Waals surface area contributed by atoms with E-state index in [1.54, 1.807) is 24.3 Å². The lowest BCUT2D eigenvalue weighted by molar-refractivity contribution is -0.148. The molecule has 2 aliphatic heterocycles. The van der Waals surface area contributed by atoms with Gasteiger partial charge in [-0.25, -0.2) is 0 Å². The summed E-state index contributed by atoms with van der Waals surface area (Å²) in [4.78, 5) is 12.9. The van der Waals surface area contributed by atoms with Gasteiger partial charge in [0.1, 0.15) is 11.9 Å². The van der Waals surface area contributed by atoms with Crippen LogP contribution in [-0.2, 0) is 9.53 Å². The number of ether oxygens (including phenoxy) is 2. The minimum atomic E-state index is -1.36. The van der Waals surface area contributed by atoms with Crippen molar-refractivity contribution < 1.29 is 29.6 Å². The quantitative estimate of drug-likeness (QED) is 0.634. The van der Waals surface area contributed by atoms with Crippen molar-refractivity contribution in [1.29, 1.82) is 0 Å². The van der Waals surface area contributed by atoms with Gasteiger partial charge in [0.15, 0.2) is 11.5 Å². The molecule has 6 heteroatoms. The summed E-state index contributed by atoms with van der Waals surface area (Å²) in [5, 5.41) is 30.0. The van der Waals surface area contributed by atoms with E-state index in [2.05, 4.69) is 0 Å². The Morgan fingerprint density at radius 1 is 1.05 bits per heavy atom. The smallest absolute Gasteiger partial charge is 0.257 e. The molecule has 4 rings (SSSR count). The van der Waals surface area contributed by atoms with Gasteiger partial charge in [-0.15, -0.1) is 0 Å². The summed E-state index contributed by atoms with van der Waals surface area (Å²) in [5.41, 5.74) is 0.829. The Hall–Kier alpha value is -1.89. The highest BCUT2D eigenvalue weighted by atomic mass is 16.6. The maximum Gasteiger partial charge on any atom is 0.257 e. The Morgan fingerprint density at radius 2 is 1.82 bits per heavy atom. The van der Waals surface area contributed by atoms with E-state index in [9.17, 15) is 20.1 Å². The van der Waals surface area contributed by atoms with Gasteiger partial charge >= 0.3 is 0 Å². The van der Waals surface area contributed by atoms with Crippen molar-refractivity contribution in [3.8, 4) is 5.75 Å². The fourth-order valence-corrected chi connectivity index (χ4v) is 3.56. The van der Waals surface area contributed by atoms with E-state index in [1.165, 1.54) is 0 Å². The van der Waals surface area contributed by atoms with Crippen molar-refractivity contribution in [3.05, 3.63) is 35.6 Å².